The first-order valence-corrected chi connectivity index (χ1v) is 8.76. The van der Waals surface area contributed by atoms with Crippen molar-refractivity contribution in [1.29, 1.82) is 0 Å². The molecular formula is C19H27N3O2. The lowest BCUT2D eigenvalue weighted by molar-refractivity contribution is -0.141. The van der Waals surface area contributed by atoms with Gasteiger partial charge in [-0.1, -0.05) is 36.8 Å². The minimum atomic E-state index is -0.320. The van der Waals surface area contributed by atoms with Crippen LogP contribution >= 0.6 is 0 Å². The maximum atomic E-state index is 12.9. The summed E-state index contributed by atoms with van der Waals surface area (Å²) < 4.78 is 0. The lowest BCUT2D eigenvalue weighted by atomic mass is 9.90. The summed E-state index contributed by atoms with van der Waals surface area (Å²) in [6.07, 6.45) is 2.03. The van der Waals surface area contributed by atoms with Crippen molar-refractivity contribution in [3.8, 4) is 0 Å². The molecular weight excluding hydrogens is 302 g/mol. The van der Waals surface area contributed by atoms with Gasteiger partial charge in [-0.15, -0.1) is 0 Å². The molecule has 0 aliphatic carbocycles. The number of aryl methyl sites for hydroxylation is 1. The number of carbonyl (C=O) groups is 2. The van der Waals surface area contributed by atoms with Crippen LogP contribution in [-0.4, -0.2) is 47.3 Å². The van der Waals surface area contributed by atoms with E-state index in [0.29, 0.717) is 32.5 Å². The molecule has 0 radical (unpaired) electrons. The molecule has 2 atom stereocenters. The molecule has 0 saturated carbocycles. The fraction of sp³-hybridized carbons (Fsp3) is 0.579. The van der Waals surface area contributed by atoms with Crippen molar-refractivity contribution in [2.24, 2.45) is 11.1 Å². The molecule has 5 heteroatoms. The Bertz CT molecular complexity index is 628. The Morgan fingerprint density at radius 2 is 2.04 bits per heavy atom. The first-order chi connectivity index (χ1) is 11.4. The van der Waals surface area contributed by atoms with Crippen LogP contribution in [0.3, 0.4) is 0 Å². The number of amides is 2. The number of nitrogens with two attached hydrogens (primary N) is 1. The van der Waals surface area contributed by atoms with Gasteiger partial charge in [0.1, 0.15) is 6.04 Å². The number of rotatable bonds is 4. The van der Waals surface area contributed by atoms with Gasteiger partial charge in [-0.3, -0.25) is 9.59 Å². The number of nitrogens with zero attached hydrogens (tertiary/aromatic N) is 2. The Hall–Kier alpha value is -1.88. The number of carbonyl (C=O) groups excluding carboxylic acids is 2. The molecule has 5 nitrogen and oxygen atoms in total. The summed E-state index contributed by atoms with van der Waals surface area (Å²) in [5.74, 6) is 0.167. The Balaban J connectivity index is 1.71. The van der Waals surface area contributed by atoms with E-state index >= 15 is 0 Å². The normalized spacial score (nSPS) is 27.1. The molecule has 2 fully saturated rings. The summed E-state index contributed by atoms with van der Waals surface area (Å²) >= 11 is 0. The number of likely N-dealkylation sites (tertiary alicyclic amines) is 2. The van der Waals surface area contributed by atoms with Crippen LogP contribution in [0.25, 0.3) is 0 Å². The second-order valence-corrected chi connectivity index (χ2v) is 7.59. The van der Waals surface area contributed by atoms with Crippen LogP contribution in [0.15, 0.2) is 24.3 Å². The van der Waals surface area contributed by atoms with Crippen molar-refractivity contribution in [3.05, 3.63) is 35.4 Å². The van der Waals surface area contributed by atoms with Gasteiger partial charge in [0.25, 0.3) is 0 Å². The van der Waals surface area contributed by atoms with Gasteiger partial charge in [-0.25, -0.2) is 0 Å². The minimum Gasteiger partial charge on any atom is -0.340 e. The summed E-state index contributed by atoms with van der Waals surface area (Å²) in [5, 5.41) is 0. The van der Waals surface area contributed by atoms with Gasteiger partial charge in [0, 0.05) is 26.1 Å². The minimum absolute atomic E-state index is 0.0139. The third-order valence-electron chi connectivity index (χ3n) is 5.45. The fourth-order valence-electron chi connectivity index (χ4n) is 3.67. The second kappa shape index (κ2) is 6.55. The molecule has 2 amide bonds. The predicted molar refractivity (Wildman–Crippen MR) is 93.1 cm³/mol. The Labute approximate surface area is 143 Å². The third-order valence-corrected chi connectivity index (χ3v) is 5.45. The SMILES string of the molecule is Cc1ccc(CN2C(=O)CCC2C(=O)N2CCC(C)(CN)C2)cc1. The largest absolute Gasteiger partial charge is 0.340 e. The molecule has 2 unspecified atom stereocenters. The average molecular weight is 329 g/mol. The Kier molecular flexibility index (Phi) is 4.63. The van der Waals surface area contributed by atoms with Gasteiger partial charge < -0.3 is 15.5 Å². The van der Waals surface area contributed by atoms with Crippen LogP contribution in [0, 0.1) is 12.3 Å². The van der Waals surface area contributed by atoms with Gasteiger partial charge in [-0.2, -0.15) is 0 Å². The first-order valence-electron chi connectivity index (χ1n) is 8.76. The predicted octanol–water partition coefficient (Wildman–Crippen LogP) is 1.68. The van der Waals surface area contributed by atoms with Crippen LogP contribution in [0.2, 0.25) is 0 Å². The van der Waals surface area contributed by atoms with Gasteiger partial charge in [0.2, 0.25) is 11.8 Å². The highest BCUT2D eigenvalue weighted by molar-refractivity contribution is 5.91. The molecule has 3 rings (SSSR count). The molecule has 0 bridgehead atoms. The van der Waals surface area contributed by atoms with E-state index in [1.807, 2.05) is 36.1 Å². The number of hydrogen-bond donors (Lipinski definition) is 1. The third kappa shape index (κ3) is 3.31. The van der Waals surface area contributed by atoms with E-state index in [2.05, 4.69) is 6.92 Å². The standard InChI is InChI=1S/C19H27N3O2/c1-14-3-5-15(6-4-14)11-22-16(7-8-17(22)23)18(24)21-10-9-19(2,12-20)13-21/h3-6,16H,7-13,20H2,1-2H3. The lowest BCUT2D eigenvalue weighted by Gasteiger charge is -2.29. The quantitative estimate of drug-likeness (QED) is 0.914. The monoisotopic (exact) mass is 329 g/mol. The molecule has 0 spiro atoms. The van der Waals surface area contributed by atoms with Crippen molar-refractivity contribution in [2.45, 2.75) is 45.7 Å². The van der Waals surface area contributed by atoms with Crippen LogP contribution in [0.5, 0.6) is 0 Å². The maximum Gasteiger partial charge on any atom is 0.245 e. The average Bonchev–Trinajstić information content (AvgIpc) is 3.14. The highest BCUT2D eigenvalue weighted by Crippen LogP contribution is 2.31. The van der Waals surface area contributed by atoms with E-state index in [-0.39, 0.29) is 23.3 Å². The zero-order valence-corrected chi connectivity index (χ0v) is 14.6. The fourth-order valence-corrected chi connectivity index (χ4v) is 3.67. The number of hydrogen-bond acceptors (Lipinski definition) is 3. The summed E-state index contributed by atoms with van der Waals surface area (Å²) in [6, 6.07) is 7.83. The van der Waals surface area contributed by atoms with Crippen LogP contribution in [-0.2, 0) is 16.1 Å². The van der Waals surface area contributed by atoms with Crippen LogP contribution < -0.4 is 5.73 Å². The van der Waals surface area contributed by atoms with Gasteiger partial charge in [-0.05, 0) is 37.3 Å². The molecule has 0 aromatic heterocycles. The van der Waals surface area contributed by atoms with Gasteiger partial charge in [0.05, 0.1) is 0 Å². The van der Waals surface area contributed by atoms with Crippen molar-refractivity contribution in [2.75, 3.05) is 19.6 Å². The second-order valence-electron chi connectivity index (χ2n) is 7.59. The first kappa shape index (κ1) is 17.0. The van der Waals surface area contributed by atoms with Crippen molar-refractivity contribution >= 4 is 11.8 Å². The summed E-state index contributed by atoms with van der Waals surface area (Å²) in [6.45, 7) is 6.72. The highest BCUT2D eigenvalue weighted by atomic mass is 16.2. The lowest BCUT2D eigenvalue weighted by Crippen LogP contribution is -2.46. The molecule has 2 aliphatic rings. The molecule has 2 saturated heterocycles. The van der Waals surface area contributed by atoms with Crippen molar-refractivity contribution in [1.82, 2.24) is 9.80 Å². The summed E-state index contributed by atoms with van der Waals surface area (Å²) in [4.78, 5) is 28.9. The van der Waals surface area contributed by atoms with E-state index in [4.69, 9.17) is 5.73 Å². The molecule has 1 aromatic carbocycles. The van der Waals surface area contributed by atoms with E-state index in [1.54, 1.807) is 4.90 Å². The molecule has 130 valence electrons. The molecule has 1 aromatic rings. The van der Waals surface area contributed by atoms with E-state index in [1.165, 1.54) is 5.56 Å². The summed E-state index contributed by atoms with van der Waals surface area (Å²) in [5.41, 5.74) is 8.12. The zero-order chi connectivity index (χ0) is 17.3. The Morgan fingerprint density at radius 1 is 1.33 bits per heavy atom. The molecule has 2 heterocycles. The van der Waals surface area contributed by atoms with E-state index in [9.17, 15) is 9.59 Å². The molecule has 2 N–H and O–H groups in total. The van der Waals surface area contributed by atoms with Crippen molar-refractivity contribution in [3.63, 3.8) is 0 Å². The smallest absolute Gasteiger partial charge is 0.245 e. The van der Waals surface area contributed by atoms with Crippen molar-refractivity contribution < 1.29 is 9.59 Å². The van der Waals surface area contributed by atoms with E-state index in [0.717, 1.165) is 18.5 Å². The van der Waals surface area contributed by atoms with Gasteiger partial charge >= 0.3 is 0 Å². The zero-order valence-electron chi connectivity index (χ0n) is 14.6. The van der Waals surface area contributed by atoms with Crippen LogP contribution in [0.1, 0.15) is 37.3 Å². The summed E-state index contributed by atoms with van der Waals surface area (Å²) in [7, 11) is 0. The molecule has 24 heavy (non-hydrogen) atoms. The highest BCUT2D eigenvalue weighted by Gasteiger charge is 2.42. The topological polar surface area (TPSA) is 66.6 Å². The maximum absolute atomic E-state index is 12.9. The van der Waals surface area contributed by atoms with Gasteiger partial charge in [0.15, 0.2) is 0 Å². The van der Waals surface area contributed by atoms with E-state index < -0.39 is 0 Å². The van der Waals surface area contributed by atoms with Crippen LogP contribution in [0.4, 0.5) is 0 Å². The molecule has 2 aliphatic heterocycles. The Morgan fingerprint density at radius 3 is 2.67 bits per heavy atom. The number of benzene rings is 1.